The average molecular weight is 523 g/mol. The van der Waals surface area contributed by atoms with E-state index in [2.05, 4.69) is 21.0 Å². The fourth-order valence-electron chi connectivity index (χ4n) is 2.67. The summed E-state index contributed by atoms with van der Waals surface area (Å²) in [6, 6.07) is 13.0. The smallest absolute Gasteiger partial charge is 0.362 e. The van der Waals surface area contributed by atoms with Crippen molar-refractivity contribution in [3.05, 3.63) is 75.1 Å². The molecule has 0 spiro atoms. The summed E-state index contributed by atoms with van der Waals surface area (Å²) < 4.78 is 42.5. The predicted molar refractivity (Wildman–Crippen MR) is 119 cm³/mol. The SMILES string of the molecule is CCOC(=O)c1nn(-c2cccc(Br)c2)c(=O)cc1OS(=O)(=O)c1ccc(OCC)cc1. The van der Waals surface area contributed by atoms with Gasteiger partial charge in [0.25, 0.3) is 5.56 Å². The second-order valence-electron chi connectivity index (χ2n) is 6.25. The van der Waals surface area contributed by atoms with E-state index in [1.807, 2.05) is 0 Å². The molecule has 3 aromatic rings. The van der Waals surface area contributed by atoms with Crippen LogP contribution in [-0.2, 0) is 14.9 Å². The molecule has 0 radical (unpaired) electrons. The first kappa shape index (κ1) is 23.5. The highest BCUT2D eigenvalue weighted by atomic mass is 79.9. The van der Waals surface area contributed by atoms with Gasteiger partial charge in [-0.2, -0.15) is 18.2 Å². The molecule has 0 aliphatic rings. The number of rotatable bonds is 8. The molecule has 11 heteroatoms. The lowest BCUT2D eigenvalue weighted by Gasteiger charge is -2.13. The fourth-order valence-corrected chi connectivity index (χ4v) is 3.99. The molecule has 2 aromatic carbocycles. The fraction of sp³-hybridized carbons (Fsp3) is 0.190. The lowest BCUT2D eigenvalue weighted by molar-refractivity contribution is 0.0515. The van der Waals surface area contributed by atoms with Crippen molar-refractivity contribution in [1.82, 2.24) is 9.78 Å². The quantitative estimate of drug-likeness (QED) is 0.326. The molecular weight excluding hydrogens is 504 g/mol. The minimum absolute atomic E-state index is 0.0155. The van der Waals surface area contributed by atoms with Crippen LogP contribution in [-0.4, -0.2) is 37.4 Å². The van der Waals surface area contributed by atoms with Gasteiger partial charge in [0.2, 0.25) is 5.69 Å². The van der Waals surface area contributed by atoms with Gasteiger partial charge in [-0.05, 0) is 56.3 Å². The first-order chi connectivity index (χ1) is 15.2. The largest absolute Gasteiger partial charge is 0.494 e. The minimum Gasteiger partial charge on any atom is -0.494 e. The van der Waals surface area contributed by atoms with Gasteiger partial charge in [0, 0.05) is 4.47 Å². The van der Waals surface area contributed by atoms with Gasteiger partial charge in [0.1, 0.15) is 10.6 Å². The molecule has 9 nitrogen and oxygen atoms in total. The third-order valence-electron chi connectivity index (χ3n) is 4.04. The number of carbonyl (C=O) groups excluding carboxylic acids is 1. The minimum atomic E-state index is -4.38. The van der Waals surface area contributed by atoms with Crippen LogP contribution < -0.4 is 14.5 Å². The molecule has 0 fully saturated rings. The molecule has 0 unspecified atom stereocenters. The summed E-state index contributed by atoms with van der Waals surface area (Å²) in [5, 5.41) is 4.02. The third kappa shape index (κ3) is 5.35. The molecule has 0 amide bonds. The maximum atomic E-state index is 12.8. The average Bonchev–Trinajstić information content (AvgIpc) is 2.74. The Morgan fingerprint density at radius 2 is 1.78 bits per heavy atom. The molecule has 0 bridgehead atoms. The lowest BCUT2D eigenvalue weighted by Crippen LogP contribution is -2.26. The van der Waals surface area contributed by atoms with Crippen LogP contribution in [0.4, 0.5) is 0 Å². The monoisotopic (exact) mass is 522 g/mol. The van der Waals surface area contributed by atoms with Gasteiger partial charge in [0.15, 0.2) is 5.75 Å². The number of aromatic nitrogens is 2. The standard InChI is InChI=1S/C21H19BrN2O7S/c1-3-29-16-8-10-17(11-9-16)32(27,28)31-18-13-19(25)24(15-7-5-6-14(22)12-15)23-20(18)21(26)30-4-2/h5-13H,3-4H2,1-2H3. The Balaban J connectivity index is 2.05. The highest BCUT2D eigenvalue weighted by Crippen LogP contribution is 2.24. The third-order valence-corrected chi connectivity index (χ3v) is 5.78. The highest BCUT2D eigenvalue weighted by Gasteiger charge is 2.25. The Morgan fingerprint density at radius 1 is 1.06 bits per heavy atom. The Labute approximate surface area is 192 Å². The molecule has 1 heterocycles. The zero-order chi connectivity index (χ0) is 23.3. The van der Waals surface area contributed by atoms with Crippen molar-refractivity contribution in [3.8, 4) is 17.2 Å². The van der Waals surface area contributed by atoms with E-state index in [0.29, 0.717) is 22.5 Å². The summed E-state index contributed by atoms with van der Waals surface area (Å²) in [6.07, 6.45) is 0. The van der Waals surface area contributed by atoms with Crippen LogP contribution in [0.15, 0.2) is 68.8 Å². The van der Waals surface area contributed by atoms with Gasteiger partial charge in [-0.15, -0.1) is 0 Å². The summed E-state index contributed by atoms with van der Waals surface area (Å²) in [5.74, 6) is -0.987. The summed E-state index contributed by atoms with van der Waals surface area (Å²) >= 11 is 3.30. The topological polar surface area (TPSA) is 114 Å². The first-order valence-corrected chi connectivity index (χ1v) is 11.7. The number of esters is 1. The van der Waals surface area contributed by atoms with Crippen LogP contribution in [0.3, 0.4) is 0 Å². The molecular formula is C21H19BrN2O7S. The Bertz CT molecular complexity index is 1290. The van der Waals surface area contributed by atoms with E-state index in [1.54, 1.807) is 38.1 Å². The molecule has 0 saturated carbocycles. The van der Waals surface area contributed by atoms with Crippen molar-refractivity contribution in [2.45, 2.75) is 18.7 Å². The number of ether oxygens (including phenoxy) is 2. The number of benzene rings is 2. The normalized spacial score (nSPS) is 11.1. The molecule has 1 aromatic heterocycles. The van der Waals surface area contributed by atoms with E-state index >= 15 is 0 Å². The van der Waals surface area contributed by atoms with Gasteiger partial charge in [0.05, 0.1) is 25.0 Å². The predicted octanol–water partition coefficient (Wildman–Crippen LogP) is 3.34. The van der Waals surface area contributed by atoms with Crippen LogP contribution in [0.2, 0.25) is 0 Å². The molecule has 3 rings (SSSR count). The van der Waals surface area contributed by atoms with Crippen LogP contribution in [0.5, 0.6) is 11.5 Å². The van der Waals surface area contributed by atoms with E-state index in [1.165, 1.54) is 24.3 Å². The number of hydrogen-bond acceptors (Lipinski definition) is 8. The Hall–Kier alpha value is -3.18. The van der Waals surface area contributed by atoms with Crippen molar-refractivity contribution < 1.29 is 26.9 Å². The van der Waals surface area contributed by atoms with E-state index in [4.69, 9.17) is 13.7 Å². The summed E-state index contributed by atoms with van der Waals surface area (Å²) in [5.41, 5.74) is -0.801. The maximum absolute atomic E-state index is 12.8. The van der Waals surface area contributed by atoms with E-state index in [0.717, 1.165) is 10.7 Å². The Morgan fingerprint density at radius 3 is 2.41 bits per heavy atom. The summed E-state index contributed by atoms with van der Waals surface area (Å²) in [6.45, 7) is 3.82. The lowest BCUT2D eigenvalue weighted by atomic mass is 10.3. The van der Waals surface area contributed by atoms with Gasteiger partial charge in [-0.25, -0.2) is 4.79 Å². The van der Waals surface area contributed by atoms with Gasteiger partial charge in [-0.1, -0.05) is 22.0 Å². The van der Waals surface area contributed by atoms with E-state index in [-0.39, 0.29) is 11.5 Å². The molecule has 168 valence electrons. The number of carbonyl (C=O) groups is 1. The zero-order valence-corrected chi connectivity index (χ0v) is 19.6. The highest BCUT2D eigenvalue weighted by molar-refractivity contribution is 9.10. The van der Waals surface area contributed by atoms with Crippen molar-refractivity contribution in [2.75, 3.05) is 13.2 Å². The number of hydrogen-bond donors (Lipinski definition) is 0. The summed E-state index contributed by atoms with van der Waals surface area (Å²) in [7, 11) is -4.38. The molecule has 0 aliphatic carbocycles. The van der Waals surface area contributed by atoms with Crippen molar-refractivity contribution in [1.29, 1.82) is 0 Å². The number of nitrogens with zero attached hydrogens (tertiary/aromatic N) is 2. The van der Waals surface area contributed by atoms with Crippen molar-refractivity contribution in [2.24, 2.45) is 0 Å². The maximum Gasteiger partial charge on any atom is 0.362 e. The van der Waals surface area contributed by atoms with Gasteiger partial charge in [-0.3, -0.25) is 4.79 Å². The second kappa shape index (κ2) is 9.96. The van der Waals surface area contributed by atoms with Crippen LogP contribution in [0.1, 0.15) is 24.3 Å². The van der Waals surface area contributed by atoms with Crippen LogP contribution in [0.25, 0.3) is 5.69 Å². The van der Waals surface area contributed by atoms with E-state index < -0.39 is 33.1 Å². The van der Waals surface area contributed by atoms with Gasteiger partial charge >= 0.3 is 16.1 Å². The van der Waals surface area contributed by atoms with Crippen molar-refractivity contribution >= 4 is 32.0 Å². The molecule has 0 N–H and O–H groups in total. The van der Waals surface area contributed by atoms with Crippen LogP contribution >= 0.6 is 15.9 Å². The summed E-state index contributed by atoms with van der Waals surface area (Å²) in [4.78, 5) is 24.9. The second-order valence-corrected chi connectivity index (χ2v) is 8.71. The first-order valence-electron chi connectivity index (χ1n) is 9.50. The molecule has 0 saturated heterocycles. The molecule has 0 aliphatic heterocycles. The molecule has 32 heavy (non-hydrogen) atoms. The molecule has 0 atom stereocenters. The van der Waals surface area contributed by atoms with E-state index in [9.17, 15) is 18.0 Å². The zero-order valence-electron chi connectivity index (χ0n) is 17.1. The van der Waals surface area contributed by atoms with Crippen LogP contribution in [0, 0.1) is 0 Å². The number of halogens is 1. The Kier molecular flexibility index (Phi) is 7.31. The van der Waals surface area contributed by atoms with Crippen molar-refractivity contribution in [3.63, 3.8) is 0 Å². The van der Waals surface area contributed by atoms with Gasteiger partial charge < -0.3 is 13.7 Å².